The van der Waals surface area contributed by atoms with E-state index in [4.69, 9.17) is 9.47 Å². The minimum absolute atomic E-state index is 0.100. The molecule has 4 N–H and O–H groups in total. The molecule has 1 amide bonds. The van der Waals surface area contributed by atoms with Crippen molar-refractivity contribution >= 4 is 5.91 Å². The Labute approximate surface area is 170 Å². The van der Waals surface area contributed by atoms with Gasteiger partial charge in [-0.2, -0.15) is 0 Å². The fourth-order valence-electron chi connectivity index (χ4n) is 3.21. The van der Waals surface area contributed by atoms with Crippen molar-refractivity contribution in [3.63, 3.8) is 0 Å². The number of fused-ring (bicyclic) bond motifs is 1. The number of aliphatic hydroxyl groups is 1. The molecule has 156 valence electrons. The summed E-state index contributed by atoms with van der Waals surface area (Å²) in [4.78, 5) is 12.0. The number of phenols is 1. The molecule has 0 aliphatic carbocycles. The third kappa shape index (κ3) is 5.40. The van der Waals surface area contributed by atoms with Crippen molar-refractivity contribution in [2.75, 3.05) is 19.9 Å². The molecule has 1 aliphatic rings. The number of aryl methyl sites for hydroxylation is 1. The smallest absolute Gasteiger partial charge is 0.255 e. The van der Waals surface area contributed by atoms with Crippen molar-refractivity contribution < 1.29 is 24.5 Å². The highest BCUT2D eigenvalue weighted by Crippen LogP contribution is 2.32. The van der Waals surface area contributed by atoms with Crippen LogP contribution in [0.1, 0.15) is 47.9 Å². The Balaban J connectivity index is 1.50. The van der Waals surface area contributed by atoms with Crippen LogP contribution in [0.25, 0.3) is 0 Å². The molecule has 2 aromatic carbocycles. The SMILES string of the molecule is CCNC(=O)c1cc(C(O)CNC(C)CCc2ccc3c(c2)OCO3)ccc1O. The second kappa shape index (κ2) is 9.62. The first-order valence-electron chi connectivity index (χ1n) is 9.89. The van der Waals surface area contributed by atoms with Gasteiger partial charge >= 0.3 is 0 Å². The summed E-state index contributed by atoms with van der Waals surface area (Å²) in [5.74, 6) is 1.11. The van der Waals surface area contributed by atoms with Crippen LogP contribution in [-0.2, 0) is 6.42 Å². The van der Waals surface area contributed by atoms with Gasteiger partial charge < -0.3 is 30.3 Å². The first-order valence-corrected chi connectivity index (χ1v) is 9.89. The number of aromatic hydroxyl groups is 1. The van der Waals surface area contributed by atoms with E-state index in [0.717, 1.165) is 24.3 Å². The van der Waals surface area contributed by atoms with Crippen molar-refractivity contribution in [3.8, 4) is 17.2 Å². The monoisotopic (exact) mass is 400 g/mol. The summed E-state index contributed by atoms with van der Waals surface area (Å²) in [6.07, 6.45) is 0.991. The number of rotatable bonds is 9. The molecule has 1 heterocycles. The van der Waals surface area contributed by atoms with Gasteiger partial charge in [-0.3, -0.25) is 4.79 Å². The maximum atomic E-state index is 12.0. The van der Waals surface area contributed by atoms with Crippen LogP contribution in [0.2, 0.25) is 0 Å². The summed E-state index contributed by atoms with van der Waals surface area (Å²) >= 11 is 0. The van der Waals surface area contributed by atoms with Gasteiger partial charge in [0, 0.05) is 19.1 Å². The molecule has 0 bridgehead atoms. The van der Waals surface area contributed by atoms with Crippen molar-refractivity contribution in [2.45, 2.75) is 38.8 Å². The van der Waals surface area contributed by atoms with E-state index in [1.165, 1.54) is 17.7 Å². The average Bonchev–Trinajstić information content (AvgIpc) is 3.18. The molecule has 2 atom stereocenters. The van der Waals surface area contributed by atoms with E-state index in [1.54, 1.807) is 6.07 Å². The Morgan fingerprint density at radius 2 is 1.97 bits per heavy atom. The van der Waals surface area contributed by atoms with E-state index in [2.05, 4.69) is 17.6 Å². The zero-order chi connectivity index (χ0) is 20.8. The number of hydrogen-bond acceptors (Lipinski definition) is 6. The van der Waals surface area contributed by atoms with E-state index in [-0.39, 0.29) is 30.1 Å². The van der Waals surface area contributed by atoms with Crippen LogP contribution >= 0.6 is 0 Å². The number of amides is 1. The lowest BCUT2D eigenvalue weighted by molar-refractivity contribution is 0.0952. The summed E-state index contributed by atoms with van der Waals surface area (Å²) in [7, 11) is 0. The topological polar surface area (TPSA) is 100 Å². The van der Waals surface area contributed by atoms with Gasteiger partial charge in [0.25, 0.3) is 5.91 Å². The number of ether oxygens (including phenoxy) is 2. The quantitative estimate of drug-likeness (QED) is 0.516. The van der Waals surface area contributed by atoms with Gasteiger partial charge in [0.2, 0.25) is 6.79 Å². The Kier molecular flexibility index (Phi) is 6.95. The molecule has 0 saturated carbocycles. The van der Waals surface area contributed by atoms with Crippen LogP contribution in [0, 0.1) is 0 Å². The highest BCUT2D eigenvalue weighted by molar-refractivity contribution is 5.97. The molecule has 29 heavy (non-hydrogen) atoms. The van der Waals surface area contributed by atoms with Gasteiger partial charge in [-0.25, -0.2) is 0 Å². The van der Waals surface area contributed by atoms with Crippen LogP contribution in [0.15, 0.2) is 36.4 Å². The third-order valence-corrected chi connectivity index (χ3v) is 4.95. The Morgan fingerprint density at radius 1 is 1.17 bits per heavy atom. The number of phenolic OH excluding ortho intramolecular Hbond substituents is 1. The summed E-state index contributed by atoms with van der Waals surface area (Å²) in [5.41, 5.74) is 1.92. The zero-order valence-corrected chi connectivity index (χ0v) is 16.8. The highest BCUT2D eigenvalue weighted by atomic mass is 16.7. The lowest BCUT2D eigenvalue weighted by atomic mass is 10.0. The fraction of sp³-hybridized carbons (Fsp3) is 0.409. The van der Waals surface area contributed by atoms with Crippen molar-refractivity contribution in [1.29, 1.82) is 0 Å². The van der Waals surface area contributed by atoms with E-state index in [0.29, 0.717) is 18.7 Å². The highest BCUT2D eigenvalue weighted by Gasteiger charge is 2.16. The Morgan fingerprint density at radius 3 is 2.76 bits per heavy atom. The molecular weight excluding hydrogens is 372 g/mol. The maximum absolute atomic E-state index is 12.0. The number of carbonyl (C=O) groups excluding carboxylic acids is 1. The van der Waals surface area contributed by atoms with Gasteiger partial charge in [-0.05, 0) is 62.1 Å². The largest absolute Gasteiger partial charge is 0.507 e. The lowest BCUT2D eigenvalue weighted by Crippen LogP contribution is -2.31. The standard InChI is InChI=1S/C22H28N2O5/c1-3-23-22(27)17-11-16(7-8-18(17)25)19(26)12-24-14(2)4-5-15-6-9-20-21(10-15)29-13-28-20/h6-11,14,19,24-26H,3-5,12-13H2,1-2H3,(H,23,27). The third-order valence-electron chi connectivity index (χ3n) is 4.95. The van der Waals surface area contributed by atoms with Crippen LogP contribution in [0.4, 0.5) is 0 Å². The first kappa shape index (κ1) is 21.0. The molecule has 2 aromatic rings. The average molecular weight is 400 g/mol. The molecule has 7 heteroatoms. The minimum Gasteiger partial charge on any atom is -0.507 e. The van der Waals surface area contributed by atoms with Gasteiger partial charge in [0.05, 0.1) is 11.7 Å². The predicted molar refractivity (Wildman–Crippen MR) is 109 cm³/mol. The predicted octanol–water partition coefficient (Wildman–Crippen LogP) is 2.51. The van der Waals surface area contributed by atoms with Crippen LogP contribution in [-0.4, -0.2) is 42.0 Å². The maximum Gasteiger partial charge on any atom is 0.255 e. The van der Waals surface area contributed by atoms with E-state index < -0.39 is 6.10 Å². The Hall–Kier alpha value is -2.77. The van der Waals surface area contributed by atoms with Crippen LogP contribution < -0.4 is 20.1 Å². The summed E-state index contributed by atoms with van der Waals surface area (Å²) in [6, 6.07) is 10.8. The summed E-state index contributed by atoms with van der Waals surface area (Å²) < 4.78 is 10.7. The first-order chi connectivity index (χ1) is 14.0. The second-order valence-electron chi connectivity index (χ2n) is 7.19. The lowest BCUT2D eigenvalue weighted by Gasteiger charge is -2.18. The van der Waals surface area contributed by atoms with Crippen molar-refractivity contribution in [2.24, 2.45) is 0 Å². The summed E-state index contributed by atoms with van der Waals surface area (Å²) in [5, 5.41) is 26.4. The summed E-state index contributed by atoms with van der Waals surface area (Å²) in [6.45, 7) is 4.96. The van der Waals surface area contributed by atoms with E-state index in [1.807, 2.05) is 25.1 Å². The number of carbonyl (C=O) groups is 1. The molecule has 2 unspecified atom stereocenters. The minimum atomic E-state index is -0.781. The molecule has 0 radical (unpaired) electrons. The molecule has 0 aromatic heterocycles. The molecular formula is C22H28N2O5. The van der Waals surface area contributed by atoms with Crippen molar-refractivity contribution in [1.82, 2.24) is 10.6 Å². The molecule has 1 aliphatic heterocycles. The number of benzene rings is 2. The second-order valence-corrected chi connectivity index (χ2v) is 7.19. The molecule has 3 rings (SSSR count). The number of aliphatic hydroxyl groups excluding tert-OH is 1. The normalized spacial score (nSPS) is 14.4. The van der Waals surface area contributed by atoms with Gasteiger partial charge in [-0.1, -0.05) is 12.1 Å². The van der Waals surface area contributed by atoms with Gasteiger partial charge in [0.1, 0.15) is 5.75 Å². The van der Waals surface area contributed by atoms with Crippen molar-refractivity contribution in [3.05, 3.63) is 53.1 Å². The number of hydrogen-bond donors (Lipinski definition) is 4. The fourth-order valence-corrected chi connectivity index (χ4v) is 3.21. The molecule has 0 fully saturated rings. The zero-order valence-electron chi connectivity index (χ0n) is 16.8. The van der Waals surface area contributed by atoms with Gasteiger partial charge in [0.15, 0.2) is 11.5 Å². The van der Waals surface area contributed by atoms with E-state index in [9.17, 15) is 15.0 Å². The Bertz CT molecular complexity index is 855. The van der Waals surface area contributed by atoms with Crippen LogP contribution in [0.5, 0.6) is 17.2 Å². The molecule has 0 saturated heterocycles. The number of nitrogens with one attached hydrogen (secondary N) is 2. The van der Waals surface area contributed by atoms with Gasteiger partial charge in [-0.15, -0.1) is 0 Å². The van der Waals surface area contributed by atoms with Crippen LogP contribution in [0.3, 0.4) is 0 Å². The molecule has 7 nitrogen and oxygen atoms in total. The molecule has 0 spiro atoms. The van der Waals surface area contributed by atoms with E-state index >= 15 is 0 Å².